The molecule has 2 rings (SSSR count). The van der Waals surface area contributed by atoms with Gasteiger partial charge in [-0.1, -0.05) is 12.1 Å². The molecule has 0 saturated carbocycles. The Morgan fingerprint density at radius 3 is 2.36 bits per heavy atom. The van der Waals surface area contributed by atoms with Crippen molar-refractivity contribution in [2.24, 2.45) is 0 Å². The van der Waals surface area contributed by atoms with Crippen molar-refractivity contribution in [1.29, 1.82) is 0 Å². The van der Waals surface area contributed by atoms with Gasteiger partial charge in [-0.15, -0.1) is 6.58 Å². The molecule has 0 aromatic carbocycles. The van der Waals surface area contributed by atoms with Crippen molar-refractivity contribution in [2.45, 2.75) is 6.42 Å². The number of hydrogen-bond acceptors (Lipinski definition) is 2. The largest absolute Gasteiger partial charge is 0.282 e. The highest BCUT2D eigenvalue weighted by atomic mass is 15.1. The van der Waals surface area contributed by atoms with E-state index in [9.17, 15) is 0 Å². The SMILES string of the molecule is C=CCc1ccn[nH]1.c1ccncc1. The maximum atomic E-state index is 3.78. The van der Waals surface area contributed by atoms with Crippen molar-refractivity contribution in [1.82, 2.24) is 15.2 Å². The summed E-state index contributed by atoms with van der Waals surface area (Å²) in [5.41, 5.74) is 1.11. The molecular formula is C11H13N3. The Morgan fingerprint density at radius 1 is 1.21 bits per heavy atom. The zero-order valence-corrected chi connectivity index (χ0v) is 7.93. The molecule has 0 radical (unpaired) electrons. The van der Waals surface area contributed by atoms with Crippen molar-refractivity contribution in [3.63, 3.8) is 0 Å². The van der Waals surface area contributed by atoms with Gasteiger partial charge in [0.1, 0.15) is 0 Å². The molecule has 2 heterocycles. The Balaban J connectivity index is 0.000000146. The van der Waals surface area contributed by atoms with Crippen LogP contribution in [-0.2, 0) is 6.42 Å². The Labute approximate surface area is 83.5 Å². The van der Waals surface area contributed by atoms with Crippen LogP contribution in [0.2, 0.25) is 0 Å². The van der Waals surface area contributed by atoms with E-state index in [4.69, 9.17) is 0 Å². The predicted molar refractivity (Wildman–Crippen MR) is 56.7 cm³/mol. The standard InChI is InChI=1S/C6H8N2.C5H5N/c1-2-3-6-4-5-7-8-6;1-2-4-6-5-3-1/h2,4-5H,1,3H2,(H,7,8);1-5H. The maximum absolute atomic E-state index is 3.78. The highest BCUT2D eigenvalue weighted by Gasteiger charge is 1.84. The quantitative estimate of drug-likeness (QED) is 0.732. The van der Waals surface area contributed by atoms with Crippen LogP contribution >= 0.6 is 0 Å². The number of H-pyrrole nitrogens is 1. The van der Waals surface area contributed by atoms with E-state index in [1.54, 1.807) is 18.6 Å². The fourth-order valence-corrected chi connectivity index (χ4v) is 0.866. The van der Waals surface area contributed by atoms with Crippen molar-refractivity contribution in [2.75, 3.05) is 0 Å². The van der Waals surface area contributed by atoms with Gasteiger partial charge in [0.2, 0.25) is 0 Å². The van der Waals surface area contributed by atoms with Gasteiger partial charge in [-0.05, 0) is 18.2 Å². The first-order chi connectivity index (χ1) is 6.93. The molecule has 3 nitrogen and oxygen atoms in total. The van der Waals surface area contributed by atoms with Gasteiger partial charge in [-0.3, -0.25) is 10.1 Å². The second-order valence-corrected chi connectivity index (χ2v) is 2.60. The highest BCUT2D eigenvalue weighted by molar-refractivity contribution is 5.01. The summed E-state index contributed by atoms with van der Waals surface area (Å²) in [4.78, 5) is 3.78. The van der Waals surface area contributed by atoms with Gasteiger partial charge in [0, 0.05) is 30.7 Å². The maximum Gasteiger partial charge on any atom is 0.0490 e. The number of aromatic nitrogens is 3. The Hall–Kier alpha value is -1.90. The molecule has 3 heteroatoms. The smallest absolute Gasteiger partial charge is 0.0490 e. The van der Waals surface area contributed by atoms with E-state index in [2.05, 4.69) is 21.8 Å². The summed E-state index contributed by atoms with van der Waals surface area (Å²) in [5, 5.41) is 6.58. The molecule has 0 aliphatic rings. The third kappa shape index (κ3) is 4.21. The van der Waals surface area contributed by atoms with E-state index >= 15 is 0 Å². The molecule has 0 saturated heterocycles. The van der Waals surface area contributed by atoms with E-state index in [-0.39, 0.29) is 0 Å². The van der Waals surface area contributed by atoms with Crippen LogP contribution in [0.1, 0.15) is 5.69 Å². The number of allylic oxidation sites excluding steroid dienone is 1. The predicted octanol–water partition coefficient (Wildman–Crippen LogP) is 2.22. The van der Waals surface area contributed by atoms with E-state index in [1.165, 1.54) is 0 Å². The van der Waals surface area contributed by atoms with Crippen LogP contribution in [0, 0.1) is 0 Å². The van der Waals surface area contributed by atoms with Crippen molar-refractivity contribution >= 4 is 0 Å². The second kappa shape index (κ2) is 6.60. The van der Waals surface area contributed by atoms with Gasteiger partial charge in [0.15, 0.2) is 0 Å². The monoisotopic (exact) mass is 187 g/mol. The molecule has 2 aromatic heterocycles. The summed E-state index contributed by atoms with van der Waals surface area (Å²) >= 11 is 0. The van der Waals surface area contributed by atoms with Gasteiger partial charge >= 0.3 is 0 Å². The number of nitrogens with zero attached hydrogens (tertiary/aromatic N) is 2. The van der Waals surface area contributed by atoms with Gasteiger partial charge in [0.25, 0.3) is 0 Å². The van der Waals surface area contributed by atoms with Crippen LogP contribution in [-0.4, -0.2) is 15.2 Å². The van der Waals surface area contributed by atoms with E-state index in [0.717, 1.165) is 12.1 Å². The number of hydrogen-bond donors (Lipinski definition) is 1. The first kappa shape index (κ1) is 10.2. The summed E-state index contributed by atoms with van der Waals surface area (Å²) in [5.74, 6) is 0. The van der Waals surface area contributed by atoms with Crippen molar-refractivity contribution < 1.29 is 0 Å². The molecule has 1 N–H and O–H groups in total. The third-order valence-electron chi connectivity index (χ3n) is 1.49. The third-order valence-corrected chi connectivity index (χ3v) is 1.49. The first-order valence-corrected chi connectivity index (χ1v) is 4.37. The van der Waals surface area contributed by atoms with Crippen LogP contribution in [0.15, 0.2) is 55.5 Å². The van der Waals surface area contributed by atoms with E-state index < -0.39 is 0 Å². The fourth-order valence-electron chi connectivity index (χ4n) is 0.866. The average Bonchev–Trinajstić information content (AvgIpc) is 2.75. The summed E-state index contributed by atoms with van der Waals surface area (Å²) in [7, 11) is 0. The Morgan fingerprint density at radius 2 is 2.00 bits per heavy atom. The topological polar surface area (TPSA) is 41.6 Å². The first-order valence-electron chi connectivity index (χ1n) is 4.37. The number of rotatable bonds is 2. The molecule has 0 bridgehead atoms. The minimum Gasteiger partial charge on any atom is -0.282 e. The van der Waals surface area contributed by atoms with Crippen LogP contribution < -0.4 is 0 Å². The molecule has 0 unspecified atom stereocenters. The van der Waals surface area contributed by atoms with Crippen LogP contribution in [0.5, 0.6) is 0 Å². The molecule has 72 valence electrons. The molecule has 0 fully saturated rings. The highest BCUT2D eigenvalue weighted by Crippen LogP contribution is 1.91. The molecule has 0 aliphatic carbocycles. The number of nitrogens with one attached hydrogen (secondary N) is 1. The minimum absolute atomic E-state index is 0.875. The summed E-state index contributed by atoms with van der Waals surface area (Å²) in [6.07, 6.45) is 7.95. The van der Waals surface area contributed by atoms with Crippen LogP contribution in [0.3, 0.4) is 0 Å². The summed E-state index contributed by atoms with van der Waals surface area (Å²) in [6.45, 7) is 3.59. The zero-order valence-electron chi connectivity index (χ0n) is 7.93. The lowest BCUT2D eigenvalue weighted by Crippen LogP contribution is -1.77. The van der Waals surface area contributed by atoms with Crippen LogP contribution in [0.4, 0.5) is 0 Å². The molecule has 0 aliphatic heterocycles. The van der Waals surface area contributed by atoms with Gasteiger partial charge in [-0.2, -0.15) is 5.10 Å². The molecule has 0 amide bonds. The van der Waals surface area contributed by atoms with E-state index in [0.29, 0.717) is 0 Å². The van der Waals surface area contributed by atoms with Crippen molar-refractivity contribution in [3.05, 3.63) is 61.2 Å². The second-order valence-electron chi connectivity index (χ2n) is 2.60. The number of aromatic amines is 1. The Bertz CT molecular complexity index is 300. The van der Waals surface area contributed by atoms with E-state index in [1.807, 2.05) is 30.3 Å². The molecule has 14 heavy (non-hydrogen) atoms. The lowest BCUT2D eigenvalue weighted by molar-refractivity contribution is 1.01. The summed E-state index contributed by atoms with van der Waals surface area (Å²) < 4.78 is 0. The van der Waals surface area contributed by atoms with Crippen molar-refractivity contribution in [3.8, 4) is 0 Å². The zero-order chi connectivity index (χ0) is 10.1. The normalized spacial score (nSPS) is 8.57. The number of pyridine rings is 1. The fraction of sp³-hybridized carbons (Fsp3) is 0.0909. The lowest BCUT2D eigenvalue weighted by Gasteiger charge is -1.82. The van der Waals surface area contributed by atoms with Crippen LogP contribution in [0.25, 0.3) is 0 Å². The Kier molecular flexibility index (Phi) is 4.80. The van der Waals surface area contributed by atoms with Gasteiger partial charge in [0.05, 0.1) is 0 Å². The lowest BCUT2D eigenvalue weighted by atomic mass is 10.3. The molecular weight excluding hydrogens is 174 g/mol. The molecule has 0 atom stereocenters. The minimum atomic E-state index is 0.875. The molecule has 2 aromatic rings. The van der Waals surface area contributed by atoms with Gasteiger partial charge in [-0.25, -0.2) is 0 Å². The average molecular weight is 187 g/mol. The van der Waals surface area contributed by atoms with Gasteiger partial charge < -0.3 is 0 Å². The molecule has 0 spiro atoms. The summed E-state index contributed by atoms with van der Waals surface area (Å²) in [6, 6.07) is 7.65.